The predicted molar refractivity (Wildman–Crippen MR) is 98.0 cm³/mol. The summed E-state index contributed by atoms with van der Waals surface area (Å²) in [6.45, 7) is 7.21. The van der Waals surface area contributed by atoms with Crippen molar-refractivity contribution in [1.29, 1.82) is 0 Å². The first-order chi connectivity index (χ1) is 10.7. The van der Waals surface area contributed by atoms with Gasteiger partial charge in [-0.15, -0.1) is 0 Å². The molecule has 2 aromatic carbocycles. The summed E-state index contributed by atoms with van der Waals surface area (Å²) < 4.78 is 1.48. The van der Waals surface area contributed by atoms with Crippen LogP contribution in [0.4, 0.5) is 0 Å². The van der Waals surface area contributed by atoms with Crippen LogP contribution in [0, 0.1) is 0 Å². The summed E-state index contributed by atoms with van der Waals surface area (Å²) in [6.07, 6.45) is 6.54. The predicted octanol–water partition coefficient (Wildman–Crippen LogP) is 3.95. The maximum atomic E-state index is 2.63. The zero-order valence-corrected chi connectivity index (χ0v) is 15.3. The molecule has 0 aromatic heterocycles. The van der Waals surface area contributed by atoms with Gasteiger partial charge in [-0.2, -0.15) is 0 Å². The first-order valence-electron chi connectivity index (χ1n) is 8.24. The fraction of sp³-hybridized carbons (Fsp3) is 0.400. The number of hydrogen-bond acceptors (Lipinski definition) is 1. The molecule has 2 heteroatoms. The number of fused-ring (bicyclic) bond motifs is 1. The Balaban J connectivity index is 1.73. The molecule has 0 amide bonds. The van der Waals surface area contributed by atoms with E-state index in [1.807, 2.05) is 0 Å². The molecular formula is C20H25NSe. The van der Waals surface area contributed by atoms with E-state index < -0.39 is 0 Å². The monoisotopic (exact) mass is 359 g/mol. The Kier molecular flexibility index (Phi) is 5.03. The third kappa shape index (κ3) is 3.63. The number of rotatable bonds is 4. The van der Waals surface area contributed by atoms with Gasteiger partial charge in [0.2, 0.25) is 0 Å². The van der Waals surface area contributed by atoms with Crippen LogP contribution in [0.25, 0.3) is 10.8 Å². The van der Waals surface area contributed by atoms with Crippen LogP contribution in [-0.4, -0.2) is 38.5 Å². The second-order valence-corrected chi connectivity index (χ2v) is 8.59. The van der Waals surface area contributed by atoms with Crippen LogP contribution in [0.15, 0.2) is 53.5 Å². The summed E-state index contributed by atoms with van der Waals surface area (Å²) in [7, 11) is 0. The van der Waals surface area contributed by atoms with Crippen LogP contribution in [-0.2, 0) is 0 Å². The molecule has 1 aliphatic rings. The van der Waals surface area contributed by atoms with E-state index in [1.54, 1.807) is 0 Å². The van der Waals surface area contributed by atoms with Gasteiger partial charge in [-0.1, -0.05) is 0 Å². The van der Waals surface area contributed by atoms with E-state index in [-0.39, 0.29) is 5.54 Å². The number of likely N-dealkylation sites (tertiary alicyclic amines) is 1. The Bertz CT molecular complexity index is 648. The second-order valence-electron chi connectivity index (χ2n) is 6.60. The van der Waals surface area contributed by atoms with Crippen molar-refractivity contribution < 1.29 is 0 Å². The van der Waals surface area contributed by atoms with E-state index in [4.69, 9.17) is 0 Å². The quantitative estimate of drug-likeness (QED) is 0.748. The number of benzene rings is 2. The molecule has 0 aliphatic carbocycles. The number of nitrogens with zero attached hydrogens (tertiary/aromatic N) is 1. The van der Waals surface area contributed by atoms with E-state index in [1.165, 1.54) is 47.6 Å². The van der Waals surface area contributed by atoms with Gasteiger partial charge in [-0.25, -0.2) is 0 Å². The third-order valence-corrected chi connectivity index (χ3v) is 6.44. The van der Waals surface area contributed by atoms with Gasteiger partial charge in [0, 0.05) is 0 Å². The van der Waals surface area contributed by atoms with Gasteiger partial charge in [-0.3, -0.25) is 0 Å². The van der Waals surface area contributed by atoms with Crippen molar-refractivity contribution in [3.8, 4) is 0 Å². The summed E-state index contributed by atoms with van der Waals surface area (Å²) in [6, 6.07) is 15.4. The average Bonchev–Trinajstić information content (AvgIpc) is 2.56. The van der Waals surface area contributed by atoms with Gasteiger partial charge in [0.1, 0.15) is 0 Å². The van der Waals surface area contributed by atoms with E-state index in [2.05, 4.69) is 72.3 Å². The van der Waals surface area contributed by atoms with Gasteiger partial charge in [0.05, 0.1) is 0 Å². The third-order valence-electron chi connectivity index (χ3n) is 4.59. The fourth-order valence-corrected chi connectivity index (χ4v) is 5.28. The molecule has 3 rings (SSSR count). The van der Waals surface area contributed by atoms with E-state index in [0.717, 1.165) is 0 Å². The van der Waals surface area contributed by atoms with Gasteiger partial charge in [0.15, 0.2) is 0 Å². The van der Waals surface area contributed by atoms with Crippen molar-refractivity contribution in [3.05, 3.63) is 53.5 Å². The zero-order chi connectivity index (χ0) is 15.4. The van der Waals surface area contributed by atoms with Gasteiger partial charge in [-0.05, 0) is 0 Å². The molecule has 116 valence electrons. The topological polar surface area (TPSA) is 3.24 Å². The molecule has 1 aliphatic heterocycles. The molecule has 0 bridgehead atoms. The summed E-state index contributed by atoms with van der Waals surface area (Å²) in [4.78, 5) is 5.05. The first kappa shape index (κ1) is 15.8. The SMILES string of the molecule is CC(C)(/C=C/[Se]c1cccc2ccccc12)N1CCCCC1. The average molecular weight is 358 g/mol. The van der Waals surface area contributed by atoms with Crippen LogP contribution >= 0.6 is 0 Å². The maximum absolute atomic E-state index is 2.63. The molecule has 0 saturated carbocycles. The molecule has 22 heavy (non-hydrogen) atoms. The summed E-state index contributed by atoms with van der Waals surface area (Å²) in [5, 5.41) is 2.76. The molecule has 1 saturated heterocycles. The van der Waals surface area contributed by atoms with Gasteiger partial charge in [0.25, 0.3) is 0 Å². The molecule has 0 atom stereocenters. The van der Waals surface area contributed by atoms with Crippen molar-refractivity contribution in [1.82, 2.24) is 4.90 Å². The molecule has 0 radical (unpaired) electrons. The first-order valence-corrected chi connectivity index (χ1v) is 10.1. The normalized spacial score (nSPS) is 17.4. The zero-order valence-electron chi connectivity index (χ0n) is 13.6. The minimum absolute atomic E-state index is 0.187. The van der Waals surface area contributed by atoms with Gasteiger partial charge < -0.3 is 0 Å². The Hall–Kier alpha value is -1.08. The van der Waals surface area contributed by atoms with Gasteiger partial charge >= 0.3 is 140 Å². The summed E-state index contributed by atoms with van der Waals surface area (Å²) in [5.41, 5.74) is 0.187. The Morgan fingerprint density at radius 1 is 0.955 bits per heavy atom. The molecule has 1 heterocycles. The van der Waals surface area contributed by atoms with Crippen molar-refractivity contribution in [2.45, 2.75) is 38.6 Å². The van der Waals surface area contributed by atoms with Crippen LogP contribution in [0.2, 0.25) is 0 Å². The van der Waals surface area contributed by atoms with Crippen molar-refractivity contribution >= 4 is 30.2 Å². The van der Waals surface area contributed by atoms with Crippen molar-refractivity contribution in [2.75, 3.05) is 13.1 Å². The van der Waals surface area contributed by atoms with E-state index >= 15 is 0 Å². The number of hydrogen-bond donors (Lipinski definition) is 0. The fourth-order valence-electron chi connectivity index (χ4n) is 3.15. The molecular weight excluding hydrogens is 333 g/mol. The second kappa shape index (κ2) is 7.00. The van der Waals surface area contributed by atoms with Crippen molar-refractivity contribution in [2.24, 2.45) is 0 Å². The minimum atomic E-state index is 0.187. The van der Waals surface area contributed by atoms with Crippen LogP contribution in [0.3, 0.4) is 0 Å². The molecule has 2 aromatic rings. The van der Waals surface area contributed by atoms with Crippen LogP contribution < -0.4 is 4.46 Å². The molecule has 0 unspecified atom stereocenters. The molecule has 0 N–H and O–H groups in total. The Labute approximate surface area is 140 Å². The molecule has 1 fully saturated rings. The Morgan fingerprint density at radius 2 is 1.68 bits per heavy atom. The van der Waals surface area contributed by atoms with Crippen LogP contribution in [0.1, 0.15) is 33.1 Å². The number of piperidine rings is 1. The molecule has 0 spiro atoms. The Morgan fingerprint density at radius 3 is 2.50 bits per heavy atom. The van der Waals surface area contributed by atoms with Crippen molar-refractivity contribution in [3.63, 3.8) is 0 Å². The van der Waals surface area contributed by atoms with E-state index in [0.29, 0.717) is 15.0 Å². The van der Waals surface area contributed by atoms with Crippen LogP contribution in [0.5, 0.6) is 0 Å². The van der Waals surface area contributed by atoms with E-state index in [9.17, 15) is 0 Å². The standard InChI is InChI=1S/C20H25NSe/c1-20(2,21-14-6-3-7-15-21)13-16-22-19-12-8-10-17-9-4-5-11-18(17)19/h4-5,8-13,16H,3,6-7,14-15H2,1-2H3/b16-13+. The summed E-state index contributed by atoms with van der Waals surface area (Å²) >= 11 is 0.397. The molecule has 1 nitrogen and oxygen atoms in total. The summed E-state index contributed by atoms with van der Waals surface area (Å²) in [5.74, 6) is 0.